The van der Waals surface area contributed by atoms with Crippen molar-refractivity contribution < 1.29 is 181 Å². The van der Waals surface area contributed by atoms with Crippen LogP contribution >= 0.6 is 0 Å². The molecule has 474 valence electrons. The molecule has 0 N–H and O–H groups in total. The monoisotopic (exact) mass is 1300 g/mol. The van der Waals surface area contributed by atoms with E-state index in [0.29, 0.717) is 19.8 Å². The quantitative estimate of drug-likeness (QED) is 0.0718. The van der Waals surface area contributed by atoms with Crippen LogP contribution in [0.2, 0.25) is 24.2 Å². The number of rotatable bonds is 25. The summed E-state index contributed by atoms with van der Waals surface area (Å²) < 4.78 is 562. The zero-order chi connectivity index (χ0) is 65.0. The van der Waals surface area contributed by atoms with Gasteiger partial charge in [-0.25, -0.2) is 0 Å². The van der Waals surface area contributed by atoms with Gasteiger partial charge in [-0.15, -0.1) is 0 Å². The Morgan fingerprint density at radius 1 is 0.358 bits per heavy atom. The van der Waals surface area contributed by atoms with Gasteiger partial charge in [0, 0.05) is 19.3 Å². The first-order valence-electron chi connectivity index (χ1n) is 20.9. The highest BCUT2D eigenvalue weighted by Crippen LogP contribution is 2.66. The van der Waals surface area contributed by atoms with E-state index in [1.54, 1.807) is 0 Å². The lowest BCUT2D eigenvalue weighted by Gasteiger charge is -2.47. The minimum Gasteiger partial charge on any atom is -0.400 e. The Morgan fingerprint density at radius 3 is 0.852 bits per heavy atom. The number of hydrogen-bond donors (Lipinski definition) is 0. The Bertz CT molecular complexity index is 2160. The third-order valence-electron chi connectivity index (χ3n) is 12.9. The van der Waals surface area contributed by atoms with E-state index >= 15 is 52.7 Å². The summed E-state index contributed by atoms with van der Waals surface area (Å²) in [7, 11) is -9.43. The van der Waals surface area contributed by atoms with Crippen molar-refractivity contribution in [3.63, 3.8) is 0 Å². The van der Waals surface area contributed by atoms with Gasteiger partial charge in [0.15, 0.2) is 0 Å². The summed E-state index contributed by atoms with van der Waals surface area (Å²) in [6.45, 7) is 1.24. The van der Waals surface area contributed by atoms with Crippen molar-refractivity contribution in [3.05, 3.63) is 41.9 Å². The molecule has 81 heavy (non-hydrogen) atoms. The molecular formula is C38H30BF39O2Si. The first-order chi connectivity index (χ1) is 35.0. The predicted octanol–water partition coefficient (Wildman–Crippen LogP) is 18.1. The summed E-state index contributed by atoms with van der Waals surface area (Å²) >= 11 is 0. The van der Waals surface area contributed by atoms with Crippen molar-refractivity contribution in [2.75, 3.05) is 0 Å². The lowest BCUT2D eigenvalue weighted by molar-refractivity contribution is -0.440. The zero-order valence-corrected chi connectivity index (χ0v) is 40.1. The molecule has 1 unspecified atom stereocenters. The van der Waals surface area contributed by atoms with Gasteiger partial charge in [0.2, 0.25) is 0 Å². The van der Waals surface area contributed by atoms with E-state index in [2.05, 4.69) is 0 Å². The molecule has 2 nitrogen and oxygen atoms in total. The Morgan fingerprint density at radius 2 is 0.605 bits per heavy atom. The first kappa shape index (κ1) is 73.5. The highest BCUT2D eigenvalue weighted by molar-refractivity contribution is 6.80. The molecule has 0 aromatic heterocycles. The van der Waals surface area contributed by atoms with Crippen LogP contribution in [0.15, 0.2) is 36.3 Å². The Kier molecular flexibility index (Phi) is 18.9. The molecular weight excluding hydrogens is 1270 g/mol. The normalized spacial score (nSPS) is 19.6. The zero-order valence-electron chi connectivity index (χ0n) is 39.1. The second-order valence-corrected chi connectivity index (χ2v) is 23.6. The highest BCUT2D eigenvalue weighted by Gasteiger charge is 2.93. The van der Waals surface area contributed by atoms with Crippen LogP contribution in [0.1, 0.15) is 45.6 Å². The lowest BCUT2D eigenvalue weighted by atomic mass is 9.89. The van der Waals surface area contributed by atoms with E-state index in [9.17, 15) is 119 Å². The summed E-state index contributed by atoms with van der Waals surface area (Å²) in [4.78, 5) is 0. The SMILES string of the molecule is CC1(C)OB(/C=C/c2ccccc2)OC1(C)C[Si](CCC(F)(F)C(F)(F)C(F)(F)C(F)(F)C(F)(F)C(F)(F)F)(CCC(F)(F)C(F)(F)C(F)(F)C(F)(F)C(F)(F)C(F)(F)F)CCC(F)(F)C(F)(F)C(F)(F)C(F)(F)C(F)(F)C(F)(F)F. The highest BCUT2D eigenvalue weighted by atomic mass is 28.3. The fourth-order valence-electron chi connectivity index (χ4n) is 7.42. The fraction of sp³-hybridized carbons (Fsp3) is 0.789. The molecule has 1 atom stereocenters. The third kappa shape index (κ3) is 11.7. The lowest BCUT2D eigenvalue weighted by Crippen LogP contribution is -2.70. The van der Waals surface area contributed by atoms with Crippen molar-refractivity contribution in [3.8, 4) is 0 Å². The number of halogens is 39. The van der Waals surface area contributed by atoms with Crippen molar-refractivity contribution in [1.29, 1.82) is 0 Å². The molecule has 1 aliphatic heterocycles. The summed E-state index contributed by atoms with van der Waals surface area (Å²) in [6.07, 6.45) is -35.9. The summed E-state index contributed by atoms with van der Waals surface area (Å²) in [5, 5.41) is 0. The first-order valence-corrected chi connectivity index (χ1v) is 23.8. The Balaban J connectivity index is 3.23. The van der Waals surface area contributed by atoms with Gasteiger partial charge in [-0.1, -0.05) is 60.5 Å². The topological polar surface area (TPSA) is 18.5 Å². The largest absolute Gasteiger partial charge is 0.487 e. The van der Waals surface area contributed by atoms with Crippen molar-refractivity contribution in [1.82, 2.24) is 0 Å². The van der Waals surface area contributed by atoms with Crippen molar-refractivity contribution >= 4 is 21.3 Å². The van der Waals surface area contributed by atoms with Gasteiger partial charge in [0.05, 0.1) is 19.3 Å². The van der Waals surface area contributed by atoms with Crippen LogP contribution in [0, 0.1) is 0 Å². The molecule has 0 amide bonds. The van der Waals surface area contributed by atoms with Crippen LogP contribution in [0.25, 0.3) is 6.08 Å². The van der Waals surface area contributed by atoms with E-state index in [0.717, 1.165) is 6.08 Å². The van der Waals surface area contributed by atoms with Crippen LogP contribution < -0.4 is 0 Å². The maximum absolute atomic E-state index is 15.5. The van der Waals surface area contributed by atoms with Crippen LogP contribution in [-0.4, -0.2) is 134 Å². The van der Waals surface area contributed by atoms with E-state index in [-0.39, 0.29) is 12.5 Å². The Hall–Kier alpha value is -3.57. The van der Waals surface area contributed by atoms with E-state index < -0.39 is 177 Å². The number of hydrogen-bond acceptors (Lipinski definition) is 2. The molecule has 0 radical (unpaired) electrons. The van der Waals surface area contributed by atoms with Crippen LogP contribution in [0.5, 0.6) is 0 Å². The molecule has 1 aliphatic rings. The maximum atomic E-state index is 15.5. The predicted molar refractivity (Wildman–Crippen MR) is 197 cm³/mol. The Labute approximate surface area is 426 Å². The molecule has 2 rings (SSSR count). The minimum absolute atomic E-state index is 0.0374. The van der Waals surface area contributed by atoms with Gasteiger partial charge in [0.25, 0.3) is 0 Å². The van der Waals surface area contributed by atoms with Crippen LogP contribution in [-0.2, 0) is 9.31 Å². The maximum Gasteiger partial charge on any atom is 0.487 e. The van der Waals surface area contributed by atoms with Gasteiger partial charge in [-0.3, -0.25) is 0 Å². The van der Waals surface area contributed by atoms with Crippen LogP contribution in [0.3, 0.4) is 0 Å². The smallest absolute Gasteiger partial charge is 0.400 e. The van der Waals surface area contributed by atoms with E-state index in [1.165, 1.54) is 30.3 Å². The second kappa shape index (κ2) is 20.8. The average molecular weight is 1300 g/mol. The number of alkyl halides is 39. The summed E-state index contributed by atoms with van der Waals surface area (Å²) in [5.74, 6) is -128. The molecule has 1 heterocycles. The molecule has 1 aromatic rings. The second-order valence-electron chi connectivity index (χ2n) is 18.8. The van der Waals surface area contributed by atoms with E-state index in [4.69, 9.17) is 9.31 Å². The van der Waals surface area contributed by atoms with Gasteiger partial charge >= 0.3 is 114 Å². The molecule has 1 saturated heterocycles. The summed E-state index contributed by atoms with van der Waals surface area (Å²) in [6, 6.07) is -6.27. The fourth-order valence-corrected chi connectivity index (χ4v) is 13.2. The van der Waals surface area contributed by atoms with Gasteiger partial charge in [-0.05, 0) is 32.4 Å². The van der Waals surface area contributed by atoms with Crippen LogP contribution in [0.4, 0.5) is 171 Å². The summed E-state index contributed by atoms with van der Waals surface area (Å²) in [5.41, 5.74) is -5.98. The van der Waals surface area contributed by atoms with Gasteiger partial charge in [-0.2, -0.15) is 171 Å². The van der Waals surface area contributed by atoms with Crippen molar-refractivity contribution in [2.45, 2.75) is 183 Å². The van der Waals surface area contributed by atoms with Crippen molar-refractivity contribution in [2.24, 2.45) is 0 Å². The average Bonchev–Trinajstić information content (AvgIpc) is 3.50. The van der Waals surface area contributed by atoms with Gasteiger partial charge < -0.3 is 9.31 Å². The molecule has 43 heteroatoms. The number of benzene rings is 1. The molecule has 0 bridgehead atoms. The standard InChI is InChI=1S/C38H30BF39O2Si/c1-19(2)20(3,80-39(79-19)13-9-18-7-5-4-6-8-18)17-81(14-10-21(40,41)24(46,47)27(52,53)30(58,59)33(64,65)36(70,71)72,15-11-22(42,43)25(48,49)28(54,55)31(60,61)34(66,67)37(73,74)75)16-12-23(44,45)26(50,51)29(56,57)32(62,63)35(68,69)38(76,77)78/h4-9,13H,10-12,14-17H2,1-3H3/b13-9+. The molecule has 0 spiro atoms. The third-order valence-corrected chi connectivity index (χ3v) is 18.3. The molecule has 0 saturated carbocycles. The van der Waals surface area contributed by atoms with Gasteiger partial charge in [0.1, 0.15) is 0 Å². The van der Waals surface area contributed by atoms with E-state index in [1.807, 2.05) is 0 Å². The molecule has 0 aliphatic carbocycles. The minimum atomic E-state index is -8.92. The molecule has 1 fully saturated rings. The molecule has 1 aromatic carbocycles.